The minimum atomic E-state index is -3.68. The molecule has 0 radical (unpaired) electrons. The lowest BCUT2D eigenvalue weighted by Crippen LogP contribution is -2.37. The van der Waals surface area contributed by atoms with Crippen LogP contribution in [0.3, 0.4) is 0 Å². The molecule has 1 amide bonds. The molecule has 2 rings (SSSR count). The molecule has 0 aromatic heterocycles. The number of hydrogen-bond donors (Lipinski definition) is 1. The zero-order valence-electron chi connectivity index (χ0n) is 13.7. The molecule has 0 atom stereocenters. The van der Waals surface area contributed by atoms with Crippen LogP contribution in [0.15, 0.2) is 42.5 Å². The van der Waals surface area contributed by atoms with Crippen LogP contribution in [0.1, 0.15) is 11.1 Å². The summed E-state index contributed by atoms with van der Waals surface area (Å²) < 4.78 is 25.1. The minimum absolute atomic E-state index is 0.305. The highest BCUT2D eigenvalue weighted by atomic mass is 35.5. The lowest BCUT2D eigenvalue weighted by Gasteiger charge is -2.22. The van der Waals surface area contributed by atoms with Crippen molar-refractivity contribution in [2.75, 3.05) is 22.4 Å². The molecule has 0 heterocycles. The molecule has 0 aliphatic rings. The van der Waals surface area contributed by atoms with Crippen LogP contribution in [0.4, 0.5) is 11.4 Å². The molecule has 1 N–H and O–H groups in total. The number of carbonyl (C=O) groups excluding carboxylic acids is 1. The van der Waals surface area contributed by atoms with Crippen molar-refractivity contribution in [3.05, 3.63) is 58.6 Å². The molecule has 0 saturated heterocycles. The van der Waals surface area contributed by atoms with Gasteiger partial charge in [0.05, 0.1) is 23.6 Å². The number of anilines is 2. The minimum Gasteiger partial charge on any atom is -0.324 e. The number of nitriles is 1. The molecular formula is C17H16ClN3O3S. The van der Waals surface area contributed by atoms with E-state index in [-0.39, 0.29) is 0 Å². The number of benzene rings is 2. The molecule has 0 aliphatic heterocycles. The number of hydrogen-bond acceptors (Lipinski definition) is 4. The third kappa shape index (κ3) is 4.72. The van der Waals surface area contributed by atoms with Gasteiger partial charge in [0.15, 0.2) is 0 Å². The summed E-state index contributed by atoms with van der Waals surface area (Å²) in [4.78, 5) is 12.3. The monoisotopic (exact) mass is 377 g/mol. The van der Waals surface area contributed by atoms with E-state index in [1.807, 2.05) is 6.07 Å². The lowest BCUT2D eigenvalue weighted by atomic mass is 10.2. The second kappa shape index (κ2) is 7.55. The maximum atomic E-state index is 12.3. The van der Waals surface area contributed by atoms with E-state index in [4.69, 9.17) is 16.9 Å². The SMILES string of the molecule is Cc1c(Cl)cccc1NC(=O)CN(c1ccc(C#N)cc1)S(C)(=O)=O. The number of amides is 1. The van der Waals surface area contributed by atoms with Gasteiger partial charge in [-0.25, -0.2) is 8.42 Å². The fourth-order valence-electron chi connectivity index (χ4n) is 2.17. The average molecular weight is 378 g/mol. The third-order valence-corrected chi connectivity index (χ3v) is 5.06. The Morgan fingerprint density at radius 2 is 1.88 bits per heavy atom. The van der Waals surface area contributed by atoms with Crippen molar-refractivity contribution in [1.82, 2.24) is 0 Å². The molecule has 8 heteroatoms. The largest absolute Gasteiger partial charge is 0.324 e. The first-order chi connectivity index (χ1) is 11.7. The van der Waals surface area contributed by atoms with E-state index in [1.165, 1.54) is 24.3 Å². The normalized spacial score (nSPS) is 10.8. The van der Waals surface area contributed by atoms with Crippen LogP contribution in [0.25, 0.3) is 0 Å². The molecule has 6 nitrogen and oxygen atoms in total. The highest BCUT2D eigenvalue weighted by Gasteiger charge is 2.21. The van der Waals surface area contributed by atoms with Crippen molar-refractivity contribution in [2.24, 2.45) is 0 Å². The van der Waals surface area contributed by atoms with Crippen LogP contribution in [-0.2, 0) is 14.8 Å². The highest BCUT2D eigenvalue weighted by molar-refractivity contribution is 7.92. The van der Waals surface area contributed by atoms with Crippen molar-refractivity contribution < 1.29 is 13.2 Å². The molecule has 0 bridgehead atoms. The first kappa shape index (κ1) is 18.8. The molecular weight excluding hydrogens is 362 g/mol. The van der Waals surface area contributed by atoms with Crippen LogP contribution in [0.2, 0.25) is 5.02 Å². The summed E-state index contributed by atoms with van der Waals surface area (Å²) in [5, 5.41) is 12.0. The van der Waals surface area contributed by atoms with Crippen LogP contribution in [0.5, 0.6) is 0 Å². The number of halogens is 1. The zero-order valence-corrected chi connectivity index (χ0v) is 15.2. The number of carbonyl (C=O) groups is 1. The second-order valence-corrected chi connectivity index (χ2v) is 7.70. The van der Waals surface area contributed by atoms with Gasteiger partial charge in [0.1, 0.15) is 6.54 Å². The topological polar surface area (TPSA) is 90.3 Å². The number of nitrogens with one attached hydrogen (secondary N) is 1. The number of sulfonamides is 1. The summed E-state index contributed by atoms with van der Waals surface area (Å²) in [7, 11) is -3.68. The molecule has 2 aromatic carbocycles. The standard InChI is InChI=1S/C17H16ClN3O3S/c1-12-15(18)4-3-5-16(12)20-17(22)11-21(25(2,23)24)14-8-6-13(10-19)7-9-14/h3-9H,11H2,1-2H3,(H,20,22). The number of rotatable bonds is 5. The van der Waals surface area contributed by atoms with E-state index in [9.17, 15) is 13.2 Å². The van der Waals surface area contributed by atoms with E-state index in [0.29, 0.717) is 27.5 Å². The van der Waals surface area contributed by atoms with Gasteiger partial charge < -0.3 is 5.32 Å². The van der Waals surface area contributed by atoms with Crippen molar-refractivity contribution >= 4 is 38.9 Å². The van der Waals surface area contributed by atoms with Gasteiger partial charge in [-0.1, -0.05) is 17.7 Å². The van der Waals surface area contributed by atoms with Gasteiger partial charge in [-0.3, -0.25) is 9.10 Å². The van der Waals surface area contributed by atoms with Crippen molar-refractivity contribution in [1.29, 1.82) is 5.26 Å². The molecule has 2 aromatic rings. The predicted octanol–water partition coefficient (Wildman–Crippen LogP) is 2.92. The lowest BCUT2D eigenvalue weighted by molar-refractivity contribution is -0.114. The molecule has 0 aliphatic carbocycles. The maximum absolute atomic E-state index is 12.3. The fraction of sp³-hybridized carbons (Fsp3) is 0.176. The maximum Gasteiger partial charge on any atom is 0.245 e. The first-order valence-electron chi connectivity index (χ1n) is 7.25. The molecule has 0 saturated carbocycles. The Hall–Kier alpha value is -2.56. The smallest absolute Gasteiger partial charge is 0.245 e. The van der Waals surface area contributed by atoms with E-state index in [0.717, 1.165) is 10.6 Å². The summed E-state index contributed by atoms with van der Waals surface area (Å²) in [6.07, 6.45) is 1.02. The van der Waals surface area contributed by atoms with Gasteiger partial charge in [-0.05, 0) is 48.9 Å². The summed E-state index contributed by atoms with van der Waals surface area (Å²) in [5.74, 6) is -0.500. The van der Waals surface area contributed by atoms with Crippen molar-refractivity contribution in [2.45, 2.75) is 6.92 Å². The molecule has 130 valence electrons. The Kier molecular flexibility index (Phi) is 5.67. The van der Waals surface area contributed by atoms with Crippen molar-refractivity contribution in [3.63, 3.8) is 0 Å². The Bertz CT molecular complexity index is 935. The Balaban J connectivity index is 2.24. The molecule has 25 heavy (non-hydrogen) atoms. The summed E-state index contributed by atoms with van der Waals surface area (Å²) in [6, 6.07) is 13.0. The predicted molar refractivity (Wildman–Crippen MR) is 98.2 cm³/mol. The summed E-state index contributed by atoms with van der Waals surface area (Å²) >= 11 is 6.02. The van der Waals surface area contributed by atoms with Crippen LogP contribution >= 0.6 is 11.6 Å². The number of nitrogens with zero attached hydrogens (tertiary/aromatic N) is 2. The van der Waals surface area contributed by atoms with Crippen LogP contribution in [0, 0.1) is 18.3 Å². The van der Waals surface area contributed by atoms with E-state index >= 15 is 0 Å². The highest BCUT2D eigenvalue weighted by Crippen LogP contribution is 2.23. The van der Waals surface area contributed by atoms with E-state index in [2.05, 4.69) is 5.32 Å². The van der Waals surface area contributed by atoms with Gasteiger partial charge in [-0.15, -0.1) is 0 Å². The van der Waals surface area contributed by atoms with Crippen molar-refractivity contribution in [3.8, 4) is 6.07 Å². The summed E-state index contributed by atoms with van der Waals surface area (Å²) in [6.45, 7) is 1.36. The Morgan fingerprint density at radius 3 is 2.44 bits per heavy atom. The zero-order chi connectivity index (χ0) is 18.6. The molecule has 0 spiro atoms. The van der Waals surface area contributed by atoms with Gasteiger partial charge in [0.2, 0.25) is 15.9 Å². The molecule has 0 unspecified atom stereocenters. The van der Waals surface area contributed by atoms with Crippen LogP contribution < -0.4 is 9.62 Å². The summed E-state index contributed by atoms with van der Waals surface area (Å²) in [5.41, 5.74) is 1.92. The third-order valence-electron chi connectivity index (χ3n) is 3.51. The Morgan fingerprint density at radius 1 is 1.24 bits per heavy atom. The van der Waals surface area contributed by atoms with Gasteiger partial charge in [0.25, 0.3) is 0 Å². The van der Waals surface area contributed by atoms with Gasteiger partial charge in [-0.2, -0.15) is 5.26 Å². The quantitative estimate of drug-likeness (QED) is 0.867. The second-order valence-electron chi connectivity index (χ2n) is 5.39. The first-order valence-corrected chi connectivity index (χ1v) is 9.48. The Labute approximate surface area is 151 Å². The van der Waals surface area contributed by atoms with Crippen LogP contribution in [-0.4, -0.2) is 27.1 Å². The molecule has 0 fully saturated rings. The van der Waals surface area contributed by atoms with Gasteiger partial charge >= 0.3 is 0 Å². The average Bonchev–Trinajstić information content (AvgIpc) is 2.56. The van der Waals surface area contributed by atoms with E-state index in [1.54, 1.807) is 25.1 Å². The van der Waals surface area contributed by atoms with Gasteiger partial charge in [0, 0.05) is 10.7 Å². The van der Waals surface area contributed by atoms with E-state index < -0.39 is 22.5 Å². The fourth-order valence-corrected chi connectivity index (χ4v) is 3.20.